The molecule has 0 aromatic heterocycles. The Labute approximate surface area is 152 Å². The minimum Gasteiger partial charge on any atom is -0.497 e. The number of nitrogens with zero attached hydrogens (tertiary/aromatic N) is 1. The summed E-state index contributed by atoms with van der Waals surface area (Å²) >= 11 is 1.48. The number of carbonyl (C=O) groups is 1. The molecule has 2 rings (SSSR count). The molecule has 0 saturated heterocycles. The summed E-state index contributed by atoms with van der Waals surface area (Å²) in [5, 5.41) is 0. The monoisotopic (exact) mass is 361 g/mol. The predicted octanol–water partition coefficient (Wildman–Crippen LogP) is 3.46. The van der Waals surface area contributed by atoms with Gasteiger partial charge in [0, 0.05) is 18.5 Å². The molecule has 0 aliphatic carbocycles. The zero-order chi connectivity index (χ0) is 18.2. The first-order chi connectivity index (χ1) is 12.1. The van der Waals surface area contributed by atoms with Gasteiger partial charge in [0.15, 0.2) is 11.5 Å². The van der Waals surface area contributed by atoms with Crippen molar-refractivity contribution in [2.75, 3.05) is 34.1 Å². The van der Waals surface area contributed by atoms with E-state index in [2.05, 4.69) is 0 Å². The molecule has 0 aliphatic rings. The van der Waals surface area contributed by atoms with Crippen LogP contribution in [0.25, 0.3) is 0 Å². The third-order valence-corrected chi connectivity index (χ3v) is 4.70. The molecule has 0 unspecified atom stereocenters. The average Bonchev–Trinajstić information content (AvgIpc) is 2.66. The summed E-state index contributed by atoms with van der Waals surface area (Å²) in [5.74, 6) is 2.57. The van der Waals surface area contributed by atoms with Crippen molar-refractivity contribution in [3.63, 3.8) is 0 Å². The van der Waals surface area contributed by atoms with Crippen LogP contribution < -0.4 is 14.2 Å². The Hall–Kier alpha value is -2.34. The number of carbonyl (C=O) groups excluding carboxylic acids is 1. The van der Waals surface area contributed by atoms with Gasteiger partial charge in [0.2, 0.25) is 5.91 Å². The van der Waals surface area contributed by atoms with E-state index in [1.165, 1.54) is 11.8 Å². The van der Waals surface area contributed by atoms with E-state index in [-0.39, 0.29) is 5.91 Å². The van der Waals surface area contributed by atoms with Crippen molar-refractivity contribution in [1.29, 1.82) is 0 Å². The molecule has 0 fully saturated rings. The summed E-state index contributed by atoms with van der Waals surface area (Å²) in [6.45, 7) is 0.565. The van der Waals surface area contributed by atoms with E-state index in [4.69, 9.17) is 14.2 Å². The number of hydrogen-bond acceptors (Lipinski definition) is 5. The first kappa shape index (κ1) is 19.0. The molecule has 134 valence electrons. The molecule has 0 heterocycles. The number of ether oxygens (including phenoxy) is 3. The number of hydrogen-bond donors (Lipinski definition) is 0. The fraction of sp³-hybridized carbons (Fsp3) is 0.316. The molecule has 0 radical (unpaired) electrons. The second-order valence-corrected chi connectivity index (χ2v) is 6.45. The van der Waals surface area contributed by atoms with Crippen LogP contribution in [0, 0.1) is 0 Å². The summed E-state index contributed by atoms with van der Waals surface area (Å²) in [7, 11) is 6.64. The molecule has 1 amide bonds. The Morgan fingerprint density at radius 2 is 1.64 bits per heavy atom. The molecule has 2 aromatic rings. The lowest BCUT2D eigenvalue weighted by atomic mass is 10.2. The maximum atomic E-state index is 12.3. The van der Waals surface area contributed by atoms with Crippen molar-refractivity contribution < 1.29 is 19.0 Å². The Kier molecular flexibility index (Phi) is 7.01. The Balaban J connectivity index is 1.90. The van der Waals surface area contributed by atoms with Gasteiger partial charge in [0.05, 0.1) is 27.1 Å². The van der Waals surface area contributed by atoms with Crippen molar-refractivity contribution in [2.45, 2.75) is 11.4 Å². The van der Waals surface area contributed by atoms with E-state index in [0.29, 0.717) is 23.8 Å². The van der Waals surface area contributed by atoms with E-state index in [1.807, 2.05) is 49.5 Å². The second kappa shape index (κ2) is 9.22. The Morgan fingerprint density at radius 3 is 2.24 bits per heavy atom. The van der Waals surface area contributed by atoms with Crippen molar-refractivity contribution >= 4 is 17.7 Å². The second-order valence-electron chi connectivity index (χ2n) is 5.40. The fourth-order valence-corrected chi connectivity index (χ4v) is 3.12. The first-order valence-electron chi connectivity index (χ1n) is 7.79. The van der Waals surface area contributed by atoms with Gasteiger partial charge < -0.3 is 19.1 Å². The summed E-state index contributed by atoms with van der Waals surface area (Å²) in [5.41, 5.74) is 1.06. The van der Waals surface area contributed by atoms with Crippen LogP contribution in [0.4, 0.5) is 0 Å². The quantitative estimate of drug-likeness (QED) is 0.674. The standard InChI is InChI=1S/C19H23NO4S/c1-20(12-14-5-7-15(22-2)8-6-14)19(21)13-25-16-9-10-17(23-3)18(11-16)24-4/h5-11H,12-13H2,1-4H3. The fourth-order valence-electron chi connectivity index (χ4n) is 2.25. The molecular formula is C19H23NO4S. The van der Waals surface area contributed by atoms with E-state index >= 15 is 0 Å². The Morgan fingerprint density at radius 1 is 0.960 bits per heavy atom. The van der Waals surface area contributed by atoms with Gasteiger partial charge in [0.1, 0.15) is 5.75 Å². The number of benzene rings is 2. The maximum absolute atomic E-state index is 12.3. The average molecular weight is 361 g/mol. The van der Waals surface area contributed by atoms with Crippen LogP contribution in [0.3, 0.4) is 0 Å². The zero-order valence-electron chi connectivity index (χ0n) is 14.9. The summed E-state index contributed by atoms with van der Waals surface area (Å²) < 4.78 is 15.6. The topological polar surface area (TPSA) is 48.0 Å². The molecular weight excluding hydrogens is 338 g/mol. The molecule has 0 bridgehead atoms. The van der Waals surface area contributed by atoms with Crippen LogP contribution in [0.2, 0.25) is 0 Å². The molecule has 0 aliphatic heterocycles. The van der Waals surface area contributed by atoms with Gasteiger partial charge in [0.25, 0.3) is 0 Å². The van der Waals surface area contributed by atoms with E-state index < -0.39 is 0 Å². The van der Waals surface area contributed by atoms with E-state index in [0.717, 1.165) is 16.2 Å². The Bertz CT molecular complexity index is 703. The minimum atomic E-state index is 0.0654. The molecule has 0 saturated carbocycles. The normalized spacial score (nSPS) is 10.2. The summed E-state index contributed by atoms with van der Waals surface area (Å²) in [6.07, 6.45) is 0. The highest BCUT2D eigenvalue weighted by molar-refractivity contribution is 8.00. The zero-order valence-corrected chi connectivity index (χ0v) is 15.8. The van der Waals surface area contributed by atoms with Gasteiger partial charge in [-0.1, -0.05) is 12.1 Å². The van der Waals surface area contributed by atoms with Crippen LogP contribution >= 0.6 is 11.8 Å². The number of thioether (sulfide) groups is 1. The minimum absolute atomic E-state index is 0.0654. The molecule has 5 nitrogen and oxygen atoms in total. The van der Waals surface area contributed by atoms with Gasteiger partial charge in [-0.05, 0) is 35.9 Å². The van der Waals surface area contributed by atoms with Crippen molar-refractivity contribution in [2.24, 2.45) is 0 Å². The molecule has 0 N–H and O–H groups in total. The molecule has 0 spiro atoms. The van der Waals surface area contributed by atoms with Crippen LogP contribution in [0.15, 0.2) is 47.4 Å². The van der Waals surface area contributed by atoms with Crippen LogP contribution in [-0.4, -0.2) is 44.9 Å². The third-order valence-electron chi connectivity index (χ3n) is 3.72. The van der Waals surface area contributed by atoms with E-state index in [9.17, 15) is 4.79 Å². The lowest BCUT2D eigenvalue weighted by Gasteiger charge is -2.17. The number of amides is 1. The van der Waals surface area contributed by atoms with Gasteiger partial charge in [-0.2, -0.15) is 0 Å². The van der Waals surface area contributed by atoms with Crippen LogP contribution in [0.5, 0.6) is 17.2 Å². The van der Waals surface area contributed by atoms with Crippen molar-refractivity contribution in [3.8, 4) is 17.2 Å². The van der Waals surface area contributed by atoms with E-state index in [1.54, 1.807) is 26.2 Å². The highest BCUT2D eigenvalue weighted by Gasteiger charge is 2.11. The molecule has 25 heavy (non-hydrogen) atoms. The molecule has 2 aromatic carbocycles. The lowest BCUT2D eigenvalue weighted by Crippen LogP contribution is -2.27. The summed E-state index contributed by atoms with van der Waals surface area (Å²) in [4.78, 5) is 15.0. The number of rotatable bonds is 8. The predicted molar refractivity (Wildman–Crippen MR) is 99.7 cm³/mol. The highest BCUT2D eigenvalue weighted by Crippen LogP contribution is 2.31. The largest absolute Gasteiger partial charge is 0.497 e. The van der Waals surface area contributed by atoms with Crippen molar-refractivity contribution in [1.82, 2.24) is 4.90 Å². The smallest absolute Gasteiger partial charge is 0.232 e. The maximum Gasteiger partial charge on any atom is 0.232 e. The third kappa shape index (κ3) is 5.32. The first-order valence-corrected chi connectivity index (χ1v) is 8.77. The van der Waals surface area contributed by atoms with Crippen molar-refractivity contribution in [3.05, 3.63) is 48.0 Å². The van der Waals surface area contributed by atoms with Gasteiger partial charge in [-0.3, -0.25) is 4.79 Å². The SMILES string of the molecule is COc1ccc(CN(C)C(=O)CSc2ccc(OC)c(OC)c2)cc1. The van der Waals surface area contributed by atoms with Gasteiger partial charge >= 0.3 is 0 Å². The molecule has 6 heteroatoms. The lowest BCUT2D eigenvalue weighted by molar-refractivity contribution is -0.127. The van der Waals surface area contributed by atoms with Crippen LogP contribution in [0.1, 0.15) is 5.56 Å². The van der Waals surface area contributed by atoms with Gasteiger partial charge in [-0.15, -0.1) is 11.8 Å². The summed E-state index contributed by atoms with van der Waals surface area (Å²) in [6, 6.07) is 13.3. The highest BCUT2D eigenvalue weighted by atomic mass is 32.2. The number of methoxy groups -OCH3 is 3. The van der Waals surface area contributed by atoms with Gasteiger partial charge in [-0.25, -0.2) is 0 Å². The molecule has 0 atom stereocenters. The van der Waals surface area contributed by atoms with Crippen LogP contribution in [-0.2, 0) is 11.3 Å².